The zero-order valence-corrected chi connectivity index (χ0v) is 12.4. The first-order valence-corrected chi connectivity index (χ1v) is 6.71. The predicted molar refractivity (Wildman–Crippen MR) is 68.7 cm³/mol. The van der Waals surface area contributed by atoms with E-state index in [1.807, 2.05) is 0 Å². The molecule has 0 rings (SSSR count). The summed E-state index contributed by atoms with van der Waals surface area (Å²) in [6.07, 6.45) is 1.55. The Morgan fingerprint density at radius 3 is 2.07 bits per heavy atom. The van der Waals surface area contributed by atoms with Gasteiger partial charge in [0.05, 0.1) is 17.8 Å². The summed E-state index contributed by atoms with van der Waals surface area (Å²) in [4.78, 5) is 0. The molecule has 0 aliphatic carbocycles. The Balaban J connectivity index is 4.18. The second kappa shape index (κ2) is 6.87. The van der Waals surface area contributed by atoms with Gasteiger partial charge in [-0.1, -0.05) is 22.9 Å². The molecule has 92 valence electrons. The molecule has 0 saturated carbocycles. The molecule has 0 amide bonds. The molecule has 0 bridgehead atoms. The number of alkyl halides is 1. The number of ether oxygens (including phenoxy) is 2. The maximum absolute atomic E-state index is 5.88. The number of hydrogen-bond donors (Lipinski definition) is 0. The van der Waals surface area contributed by atoms with E-state index in [1.54, 1.807) is 7.11 Å². The van der Waals surface area contributed by atoms with Crippen LogP contribution in [0, 0.1) is 5.92 Å². The monoisotopic (exact) mass is 280 g/mol. The van der Waals surface area contributed by atoms with E-state index in [0.717, 1.165) is 11.8 Å². The Bertz CT molecular complexity index is 165. The average Bonchev–Trinajstić information content (AvgIpc) is 2.02. The highest BCUT2D eigenvalue weighted by molar-refractivity contribution is 9.09. The second-order valence-electron chi connectivity index (χ2n) is 5.04. The maximum atomic E-state index is 5.88. The lowest BCUT2D eigenvalue weighted by Crippen LogP contribution is -2.34. The highest BCUT2D eigenvalue weighted by Gasteiger charge is 2.27. The fourth-order valence-electron chi connectivity index (χ4n) is 2.04. The minimum absolute atomic E-state index is 0.0769. The largest absolute Gasteiger partial charge is 0.380 e. The molecule has 0 N–H and O–H groups in total. The molecule has 2 atom stereocenters. The van der Waals surface area contributed by atoms with Crippen molar-refractivity contribution in [3.63, 3.8) is 0 Å². The lowest BCUT2D eigenvalue weighted by molar-refractivity contribution is -0.0783. The van der Waals surface area contributed by atoms with Gasteiger partial charge in [-0.2, -0.15) is 0 Å². The van der Waals surface area contributed by atoms with Crippen molar-refractivity contribution in [3.05, 3.63) is 0 Å². The van der Waals surface area contributed by atoms with Crippen LogP contribution in [0.3, 0.4) is 0 Å². The second-order valence-corrected chi connectivity index (χ2v) is 5.68. The number of methoxy groups -OCH3 is 1. The van der Waals surface area contributed by atoms with Crippen molar-refractivity contribution in [2.75, 3.05) is 12.4 Å². The third kappa shape index (κ3) is 6.54. The van der Waals surface area contributed by atoms with E-state index in [1.165, 1.54) is 0 Å². The molecule has 3 heteroatoms. The summed E-state index contributed by atoms with van der Waals surface area (Å²) in [5.41, 5.74) is -0.0769. The third-order valence-electron chi connectivity index (χ3n) is 2.46. The summed E-state index contributed by atoms with van der Waals surface area (Å²) in [5, 5.41) is 0.877. The van der Waals surface area contributed by atoms with E-state index in [4.69, 9.17) is 9.47 Å². The van der Waals surface area contributed by atoms with Crippen molar-refractivity contribution >= 4 is 15.9 Å². The van der Waals surface area contributed by atoms with Crippen molar-refractivity contribution in [2.45, 2.75) is 58.8 Å². The van der Waals surface area contributed by atoms with Crippen LogP contribution in [0.2, 0.25) is 0 Å². The van der Waals surface area contributed by atoms with Crippen LogP contribution in [-0.4, -0.2) is 30.2 Å². The first-order chi connectivity index (χ1) is 6.82. The fourth-order valence-corrected chi connectivity index (χ4v) is 2.94. The number of rotatable bonds is 7. The van der Waals surface area contributed by atoms with E-state index in [9.17, 15) is 0 Å². The van der Waals surface area contributed by atoms with Crippen LogP contribution in [0.5, 0.6) is 0 Å². The van der Waals surface area contributed by atoms with Crippen LogP contribution >= 0.6 is 15.9 Å². The fraction of sp³-hybridized carbons (Fsp3) is 1.00. The topological polar surface area (TPSA) is 18.5 Å². The lowest BCUT2D eigenvalue weighted by Gasteiger charge is -2.32. The Morgan fingerprint density at radius 2 is 1.73 bits per heavy atom. The van der Waals surface area contributed by atoms with Gasteiger partial charge >= 0.3 is 0 Å². The molecule has 0 aromatic carbocycles. The predicted octanol–water partition coefficient (Wildman–Crippen LogP) is 3.63. The third-order valence-corrected chi connectivity index (χ3v) is 3.10. The standard InChI is InChI=1S/C12H25BrO2/c1-9(2)15-12(4,5)7-10(3)11(8-13)14-6/h9-11H,7-8H2,1-6H3/t10-,11+/m0/s1. The van der Waals surface area contributed by atoms with Gasteiger partial charge in [0.25, 0.3) is 0 Å². The Labute approximate surface area is 103 Å². The molecule has 0 aliphatic heterocycles. The van der Waals surface area contributed by atoms with Crippen molar-refractivity contribution in [1.82, 2.24) is 0 Å². The first-order valence-electron chi connectivity index (χ1n) is 5.59. The number of hydrogen-bond acceptors (Lipinski definition) is 2. The van der Waals surface area contributed by atoms with Gasteiger partial charge in [0.15, 0.2) is 0 Å². The molecular formula is C12H25BrO2. The van der Waals surface area contributed by atoms with Crippen LogP contribution < -0.4 is 0 Å². The van der Waals surface area contributed by atoms with E-state index in [0.29, 0.717) is 5.92 Å². The molecule has 15 heavy (non-hydrogen) atoms. The summed E-state index contributed by atoms with van der Waals surface area (Å²) in [6, 6.07) is 0. The summed E-state index contributed by atoms with van der Waals surface area (Å²) in [5.74, 6) is 0.489. The average molecular weight is 281 g/mol. The molecule has 0 fully saturated rings. The van der Waals surface area contributed by atoms with E-state index in [2.05, 4.69) is 50.5 Å². The van der Waals surface area contributed by atoms with Crippen molar-refractivity contribution in [1.29, 1.82) is 0 Å². The minimum Gasteiger partial charge on any atom is -0.380 e. The lowest BCUT2D eigenvalue weighted by atomic mass is 9.91. The Kier molecular flexibility index (Phi) is 7.05. The van der Waals surface area contributed by atoms with Crippen LogP contribution in [0.15, 0.2) is 0 Å². The molecule has 0 aliphatic rings. The van der Waals surface area contributed by atoms with Gasteiger partial charge in [-0.15, -0.1) is 0 Å². The maximum Gasteiger partial charge on any atom is 0.0694 e. The summed E-state index contributed by atoms with van der Waals surface area (Å²) < 4.78 is 11.3. The van der Waals surface area contributed by atoms with Crippen LogP contribution in [0.1, 0.15) is 41.0 Å². The molecule has 0 unspecified atom stereocenters. The first kappa shape index (κ1) is 15.4. The zero-order chi connectivity index (χ0) is 12.1. The van der Waals surface area contributed by atoms with Crippen LogP contribution in [0.25, 0.3) is 0 Å². The SMILES string of the molecule is CO[C@H](CBr)[C@@H](C)CC(C)(C)OC(C)C. The van der Waals surface area contributed by atoms with Crippen molar-refractivity contribution in [2.24, 2.45) is 5.92 Å². The molecule has 0 heterocycles. The highest BCUT2D eigenvalue weighted by atomic mass is 79.9. The zero-order valence-electron chi connectivity index (χ0n) is 10.8. The normalized spacial score (nSPS) is 16.8. The molecule has 0 saturated heterocycles. The minimum atomic E-state index is -0.0769. The number of halogens is 1. The smallest absolute Gasteiger partial charge is 0.0694 e. The van der Waals surface area contributed by atoms with Crippen molar-refractivity contribution in [3.8, 4) is 0 Å². The molecule has 0 aromatic heterocycles. The summed E-state index contributed by atoms with van der Waals surface area (Å²) in [6.45, 7) is 10.6. The molecule has 0 aromatic rings. The van der Waals surface area contributed by atoms with Gasteiger partial charge in [0.1, 0.15) is 0 Å². The molecule has 0 spiro atoms. The summed E-state index contributed by atoms with van der Waals surface area (Å²) >= 11 is 3.47. The van der Waals surface area contributed by atoms with Crippen LogP contribution in [-0.2, 0) is 9.47 Å². The van der Waals surface area contributed by atoms with E-state index >= 15 is 0 Å². The van der Waals surface area contributed by atoms with Gasteiger partial charge < -0.3 is 9.47 Å². The van der Waals surface area contributed by atoms with E-state index < -0.39 is 0 Å². The van der Waals surface area contributed by atoms with Gasteiger partial charge in [-0.05, 0) is 40.0 Å². The molecule has 2 nitrogen and oxygen atoms in total. The quantitative estimate of drug-likeness (QED) is 0.663. The Hall–Kier alpha value is 0.400. The van der Waals surface area contributed by atoms with Gasteiger partial charge in [0.2, 0.25) is 0 Å². The van der Waals surface area contributed by atoms with E-state index in [-0.39, 0.29) is 17.8 Å². The summed E-state index contributed by atoms with van der Waals surface area (Å²) in [7, 11) is 1.76. The van der Waals surface area contributed by atoms with Gasteiger partial charge in [-0.25, -0.2) is 0 Å². The molecule has 0 radical (unpaired) electrons. The van der Waals surface area contributed by atoms with Crippen LogP contribution in [0.4, 0.5) is 0 Å². The Morgan fingerprint density at radius 1 is 1.20 bits per heavy atom. The van der Waals surface area contributed by atoms with Crippen molar-refractivity contribution < 1.29 is 9.47 Å². The van der Waals surface area contributed by atoms with Gasteiger partial charge in [-0.3, -0.25) is 0 Å². The highest BCUT2D eigenvalue weighted by Crippen LogP contribution is 2.25. The molecular weight excluding hydrogens is 256 g/mol. The van der Waals surface area contributed by atoms with Gasteiger partial charge in [0, 0.05) is 12.4 Å².